The van der Waals surface area contributed by atoms with Gasteiger partial charge in [0, 0.05) is 36.8 Å². The molecule has 3 heterocycles. The van der Waals surface area contributed by atoms with E-state index in [-0.39, 0.29) is 17.4 Å². The summed E-state index contributed by atoms with van der Waals surface area (Å²) in [4.78, 5) is 27.7. The summed E-state index contributed by atoms with van der Waals surface area (Å²) in [5.41, 5.74) is 2.82. The molecule has 3 aliphatic rings. The number of carbonyl (C=O) groups is 2. The van der Waals surface area contributed by atoms with E-state index in [4.69, 9.17) is 0 Å². The minimum atomic E-state index is -0.191. The fourth-order valence-electron chi connectivity index (χ4n) is 5.72. The Labute approximate surface area is 180 Å². The third-order valence-electron chi connectivity index (χ3n) is 6.91. The van der Waals surface area contributed by atoms with Crippen molar-refractivity contribution in [2.24, 2.45) is 13.0 Å². The van der Waals surface area contributed by atoms with Crippen LogP contribution in [0, 0.1) is 5.92 Å². The number of nitrogens with one attached hydrogen (secondary N) is 2. The second-order valence-electron chi connectivity index (χ2n) is 10.5. The highest BCUT2D eigenvalue weighted by Gasteiger charge is 2.41. The van der Waals surface area contributed by atoms with E-state index in [9.17, 15) is 9.59 Å². The molecule has 1 aromatic rings. The number of hydrogen-bond donors (Lipinski definition) is 2. The Morgan fingerprint density at radius 1 is 1.10 bits per heavy atom. The summed E-state index contributed by atoms with van der Waals surface area (Å²) in [7, 11) is 1.88. The van der Waals surface area contributed by atoms with Crippen LogP contribution in [0.3, 0.4) is 0 Å². The number of amides is 2. The Balaban J connectivity index is 1.31. The maximum absolute atomic E-state index is 12.9. The lowest BCUT2D eigenvalue weighted by molar-refractivity contribution is -0.125. The minimum absolute atomic E-state index is 0.0208. The van der Waals surface area contributed by atoms with Gasteiger partial charge in [-0.1, -0.05) is 0 Å². The Morgan fingerprint density at radius 3 is 2.43 bits per heavy atom. The molecule has 0 radical (unpaired) electrons. The van der Waals surface area contributed by atoms with Gasteiger partial charge in [0.05, 0.1) is 12.2 Å². The molecule has 2 fully saturated rings. The van der Waals surface area contributed by atoms with E-state index < -0.39 is 0 Å². The highest BCUT2D eigenvalue weighted by Crippen LogP contribution is 2.38. The van der Waals surface area contributed by atoms with Crippen molar-refractivity contribution in [2.75, 3.05) is 13.1 Å². The topological polar surface area (TPSA) is 79.3 Å². The number of piperidine rings is 1. The first-order valence-electron chi connectivity index (χ1n) is 11.6. The lowest BCUT2D eigenvalue weighted by Crippen LogP contribution is -2.52. The van der Waals surface area contributed by atoms with Gasteiger partial charge in [-0.25, -0.2) is 0 Å². The van der Waals surface area contributed by atoms with Crippen molar-refractivity contribution in [1.82, 2.24) is 25.3 Å². The SMILES string of the molecule is Cn1nc2c(c1C(=O)NC[C@@H]1C[C@H]3CC[C@@H](C1)N3CC(=O)NC(C)(C)C)CCCC2. The number of fused-ring (bicyclic) bond motifs is 3. The molecule has 30 heavy (non-hydrogen) atoms. The molecule has 2 saturated heterocycles. The molecule has 4 rings (SSSR count). The van der Waals surface area contributed by atoms with Crippen LogP contribution in [0.15, 0.2) is 0 Å². The van der Waals surface area contributed by atoms with Crippen LogP contribution in [0.1, 0.15) is 81.0 Å². The van der Waals surface area contributed by atoms with Gasteiger partial charge >= 0.3 is 0 Å². The Bertz CT molecular complexity index is 795. The van der Waals surface area contributed by atoms with E-state index >= 15 is 0 Å². The summed E-state index contributed by atoms with van der Waals surface area (Å²) in [5, 5.41) is 10.9. The first-order valence-corrected chi connectivity index (χ1v) is 11.6. The molecule has 0 saturated carbocycles. The van der Waals surface area contributed by atoms with Gasteiger partial charge in [-0.3, -0.25) is 19.2 Å². The smallest absolute Gasteiger partial charge is 0.269 e. The number of aryl methyl sites for hydroxylation is 2. The predicted molar refractivity (Wildman–Crippen MR) is 116 cm³/mol. The summed E-state index contributed by atoms with van der Waals surface area (Å²) in [5.74, 6) is 0.622. The molecule has 0 spiro atoms. The van der Waals surface area contributed by atoms with Gasteiger partial charge in [0.2, 0.25) is 5.91 Å². The number of nitrogens with zero attached hydrogens (tertiary/aromatic N) is 3. The third-order valence-corrected chi connectivity index (χ3v) is 6.91. The van der Waals surface area contributed by atoms with Crippen molar-refractivity contribution in [2.45, 2.75) is 89.8 Å². The summed E-state index contributed by atoms with van der Waals surface area (Å²) >= 11 is 0. The van der Waals surface area contributed by atoms with Crippen LogP contribution in [0.5, 0.6) is 0 Å². The van der Waals surface area contributed by atoms with Gasteiger partial charge in [-0.2, -0.15) is 5.10 Å². The molecular weight excluding hydrogens is 378 g/mol. The number of aromatic nitrogens is 2. The van der Waals surface area contributed by atoms with Crippen LogP contribution in [-0.2, 0) is 24.7 Å². The van der Waals surface area contributed by atoms with E-state index in [1.807, 2.05) is 27.8 Å². The summed E-state index contributed by atoms with van der Waals surface area (Å²) in [6, 6.07) is 0.918. The predicted octanol–water partition coefficient (Wildman–Crippen LogP) is 2.19. The maximum atomic E-state index is 12.9. The largest absolute Gasteiger partial charge is 0.350 e. The zero-order valence-electron chi connectivity index (χ0n) is 19.0. The molecule has 0 unspecified atom stereocenters. The lowest BCUT2D eigenvalue weighted by atomic mass is 9.90. The van der Waals surface area contributed by atoms with Crippen LogP contribution in [-0.4, -0.2) is 57.2 Å². The number of hydrogen-bond acceptors (Lipinski definition) is 4. The zero-order valence-corrected chi connectivity index (χ0v) is 19.0. The molecule has 7 heteroatoms. The Kier molecular flexibility index (Phi) is 5.93. The van der Waals surface area contributed by atoms with Gasteiger partial charge < -0.3 is 10.6 Å². The van der Waals surface area contributed by atoms with E-state index in [1.165, 1.54) is 6.42 Å². The van der Waals surface area contributed by atoms with Crippen LogP contribution >= 0.6 is 0 Å². The standard InChI is InChI=1S/C23H37N5O2/c1-23(2,3)25-20(29)14-28-16-9-10-17(28)12-15(11-16)13-24-22(30)21-18-7-5-6-8-19(18)26-27(21)4/h15-17H,5-14H2,1-4H3,(H,24,30)(H,25,29)/t15-,16-,17+. The fourth-order valence-corrected chi connectivity index (χ4v) is 5.72. The van der Waals surface area contributed by atoms with Crippen molar-refractivity contribution < 1.29 is 9.59 Å². The zero-order chi connectivity index (χ0) is 21.5. The van der Waals surface area contributed by atoms with Crippen molar-refractivity contribution in [3.63, 3.8) is 0 Å². The van der Waals surface area contributed by atoms with Crippen LogP contribution in [0.25, 0.3) is 0 Å². The van der Waals surface area contributed by atoms with E-state index in [0.29, 0.717) is 31.1 Å². The van der Waals surface area contributed by atoms with Crippen LogP contribution in [0.2, 0.25) is 0 Å². The van der Waals surface area contributed by atoms with Gasteiger partial charge in [0.25, 0.3) is 5.91 Å². The number of carbonyl (C=O) groups excluding carboxylic acids is 2. The first-order chi connectivity index (χ1) is 14.2. The second kappa shape index (κ2) is 8.33. The van der Waals surface area contributed by atoms with E-state index in [0.717, 1.165) is 61.9 Å². The van der Waals surface area contributed by atoms with Gasteiger partial charge in [0.15, 0.2) is 0 Å². The average molecular weight is 416 g/mol. The molecule has 2 bridgehead atoms. The Morgan fingerprint density at radius 2 is 1.77 bits per heavy atom. The molecule has 2 aliphatic heterocycles. The van der Waals surface area contributed by atoms with E-state index in [2.05, 4.69) is 20.6 Å². The van der Waals surface area contributed by atoms with Gasteiger partial charge in [-0.05, 0) is 78.1 Å². The molecule has 0 aromatic carbocycles. The van der Waals surface area contributed by atoms with Crippen molar-refractivity contribution in [3.05, 3.63) is 17.0 Å². The summed E-state index contributed by atoms with van der Waals surface area (Å²) in [6.07, 6.45) is 8.70. The molecule has 7 nitrogen and oxygen atoms in total. The van der Waals surface area contributed by atoms with Crippen molar-refractivity contribution in [1.29, 1.82) is 0 Å². The van der Waals surface area contributed by atoms with Gasteiger partial charge in [-0.15, -0.1) is 0 Å². The van der Waals surface area contributed by atoms with Crippen LogP contribution in [0.4, 0.5) is 0 Å². The van der Waals surface area contributed by atoms with Crippen LogP contribution < -0.4 is 10.6 Å². The molecule has 166 valence electrons. The molecular formula is C23H37N5O2. The second-order valence-corrected chi connectivity index (χ2v) is 10.5. The highest BCUT2D eigenvalue weighted by molar-refractivity contribution is 5.94. The van der Waals surface area contributed by atoms with E-state index in [1.54, 1.807) is 4.68 Å². The number of rotatable bonds is 5. The van der Waals surface area contributed by atoms with Crippen molar-refractivity contribution in [3.8, 4) is 0 Å². The van der Waals surface area contributed by atoms with Crippen molar-refractivity contribution >= 4 is 11.8 Å². The fraction of sp³-hybridized carbons (Fsp3) is 0.783. The normalized spacial score (nSPS) is 26.3. The molecule has 2 N–H and O–H groups in total. The minimum Gasteiger partial charge on any atom is -0.350 e. The Hall–Kier alpha value is -1.89. The summed E-state index contributed by atoms with van der Waals surface area (Å²) in [6.45, 7) is 7.27. The monoisotopic (exact) mass is 415 g/mol. The average Bonchev–Trinajstić information content (AvgIpc) is 3.09. The lowest BCUT2D eigenvalue weighted by Gasteiger charge is -2.39. The third kappa shape index (κ3) is 4.56. The molecule has 3 atom stereocenters. The maximum Gasteiger partial charge on any atom is 0.269 e. The first kappa shape index (κ1) is 21.3. The molecule has 1 aliphatic carbocycles. The molecule has 2 amide bonds. The quantitative estimate of drug-likeness (QED) is 0.773. The summed E-state index contributed by atoms with van der Waals surface area (Å²) < 4.78 is 1.77. The van der Waals surface area contributed by atoms with Gasteiger partial charge in [0.1, 0.15) is 5.69 Å². The molecule has 1 aromatic heterocycles. The highest BCUT2D eigenvalue weighted by atomic mass is 16.2.